The Morgan fingerprint density at radius 1 is 0.528 bits per heavy atom. The fourth-order valence-electron chi connectivity index (χ4n) is 20.3. The number of carbonyl (C=O) groups is 8. The first-order chi connectivity index (χ1) is 68.4. The van der Waals surface area contributed by atoms with E-state index >= 15 is 8.78 Å². The van der Waals surface area contributed by atoms with Crippen LogP contribution in [0.25, 0.3) is 54.3 Å². The molecule has 8 aliphatic rings. The molecule has 746 valence electrons. The minimum absolute atomic E-state index is 0. The zero-order valence-corrected chi connectivity index (χ0v) is 87.6. The molecule has 4 saturated heterocycles. The summed E-state index contributed by atoms with van der Waals surface area (Å²) in [7, 11) is 0. The van der Waals surface area contributed by atoms with Gasteiger partial charge in [0, 0.05) is 229 Å². The number of allylic oxidation sites excluding steroid dienone is 2. The number of nitrogen functional groups attached to an aromatic ring is 2. The van der Waals surface area contributed by atoms with E-state index in [1.54, 1.807) is 79.8 Å². The molecule has 4 aliphatic carbocycles. The SMILES string of the molecule is C=C1CCC(C2Cc3[c-]cccc3C2=O)C(=O)C1.C=C1CCC(C2Cc3[c-]cccc3C2=O)C(=O)C1.[C-]#[N+]/C(=C\C(C)(C)CN1CCN(CCNC([CH2-])=O)CC1)C(=O)N1CCC[C@H]1Cn1nc(-c2ccc(Oc3ccccc3)cc2F)c2c(N)ncnc21.[C-]#[N+]/C(=C\C(C)(C)N1CCN(CCOCCNC([CH2-])=O)CC1)C(=O)N1CCC[C@H]1Cn1nc(-c2ccc(Oc3ccccc3)cc2F)c2c(N)ncnc21.[Y].[Y]. The number of benzene rings is 6. The van der Waals surface area contributed by atoms with Crippen LogP contribution in [0.3, 0.4) is 0 Å². The molecule has 35 heteroatoms. The number of halogens is 2. The van der Waals surface area contributed by atoms with E-state index in [2.05, 4.69) is 99.0 Å². The topological polar surface area (TPSA) is 356 Å². The van der Waals surface area contributed by atoms with Crippen LogP contribution < -0.4 is 31.6 Å². The second kappa shape index (κ2) is 50.0. The number of aromatic nitrogens is 8. The van der Waals surface area contributed by atoms with Crippen molar-refractivity contribution >= 4 is 80.5 Å². The maximum atomic E-state index is 15.7. The van der Waals surface area contributed by atoms with Crippen molar-refractivity contribution in [2.75, 3.05) is 123 Å². The van der Waals surface area contributed by atoms with E-state index in [1.807, 2.05) is 100 Å². The van der Waals surface area contributed by atoms with Gasteiger partial charge in [0.1, 0.15) is 93.4 Å². The van der Waals surface area contributed by atoms with E-state index < -0.39 is 22.6 Å². The van der Waals surface area contributed by atoms with Crippen molar-refractivity contribution in [1.82, 2.24) is 79.5 Å². The monoisotopic (exact) mass is 2100 g/mol. The molecule has 144 heavy (non-hydrogen) atoms. The predicted molar refractivity (Wildman–Crippen MR) is 535 cm³/mol. The number of carbonyl (C=O) groups excluding carboxylic acids is 8. The number of nitrogens with one attached hydrogen (secondary N) is 2. The van der Waals surface area contributed by atoms with Crippen LogP contribution in [-0.4, -0.2) is 245 Å². The number of amides is 4. The van der Waals surface area contributed by atoms with Crippen LogP contribution in [0.5, 0.6) is 23.0 Å². The molecule has 6 fully saturated rings. The Hall–Kier alpha value is -12.3. The molecule has 6 atom stereocenters. The average molecular weight is 2100 g/mol. The number of hydrogen-bond donors (Lipinski definition) is 4. The van der Waals surface area contributed by atoms with E-state index in [0.717, 1.165) is 137 Å². The van der Waals surface area contributed by atoms with E-state index in [1.165, 1.54) is 24.8 Å². The maximum Gasteiger partial charge on any atom is 0.252 e. The van der Waals surface area contributed by atoms with Gasteiger partial charge in [0.2, 0.25) is 11.4 Å². The van der Waals surface area contributed by atoms with Gasteiger partial charge in [-0.3, -0.25) is 33.9 Å². The van der Waals surface area contributed by atoms with Gasteiger partial charge < -0.3 is 84.0 Å². The van der Waals surface area contributed by atoms with Gasteiger partial charge >= 0.3 is 0 Å². The zero-order chi connectivity index (χ0) is 100. The summed E-state index contributed by atoms with van der Waals surface area (Å²) in [6.45, 7) is 51.0. The number of para-hydroxylation sites is 2. The Bertz CT molecular complexity index is 6420. The van der Waals surface area contributed by atoms with E-state index in [0.29, 0.717) is 141 Å². The van der Waals surface area contributed by atoms with Crippen LogP contribution in [0.2, 0.25) is 0 Å². The fraction of sp³-hybridized carbons (Fsp3) is 0.394. The van der Waals surface area contributed by atoms with Crippen LogP contribution in [0.1, 0.15) is 124 Å². The van der Waals surface area contributed by atoms with Gasteiger partial charge in [0.25, 0.3) is 11.8 Å². The first-order valence-corrected chi connectivity index (χ1v) is 48.4. The summed E-state index contributed by atoms with van der Waals surface area (Å²) in [5, 5.41) is 15.8. The van der Waals surface area contributed by atoms with Crippen molar-refractivity contribution in [3.05, 3.63) is 277 Å². The second-order valence-electron chi connectivity index (χ2n) is 38.4. The zero-order valence-electron chi connectivity index (χ0n) is 81.9. The van der Waals surface area contributed by atoms with E-state index in [4.69, 9.17) is 49.0 Å². The van der Waals surface area contributed by atoms with Crippen LogP contribution >= 0.6 is 0 Å². The number of ether oxygens (including phenoxy) is 3. The third-order valence-corrected chi connectivity index (χ3v) is 27.6. The van der Waals surface area contributed by atoms with Crippen LogP contribution in [-0.2, 0) is 125 Å². The minimum atomic E-state index is -0.547. The summed E-state index contributed by atoms with van der Waals surface area (Å²) in [4.78, 5) is 136. The number of fused-ring (bicyclic) bond motifs is 4. The third-order valence-electron chi connectivity index (χ3n) is 27.6. The number of anilines is 2. The summed E-state index contributed by atoms with van der Waals surface area (Å²) in [6.07, 6.45) is 14.8. The minimum Gasteiger partial charge on any atom is -0.457 e. The van der Waals surface area contributed by atoms with Gasteiger partial charge in [-0.25, -0.2) is 47.8 Å². The number of piperazine rings is 2. The average Bonchev–Trinajstić information content (AvgIpc) is 1.58. The second-order valence-corrected chi connectivity index (χ2v) is 38.4. The Kier molecular flexibility index (Phi) is 37.9. The van der Waals surface area contributed by atoms with E-state index in [9.17, 15) is 38.4 Å². The van der Waals surface area contributed by atoms with Crippen LogP contribution in [0.4, 0.5) is 20.4 Å². The van der Waals surface area contributed by atoms with Crippen molar-refractivity contribution in [3.63, 3.8) is 0 Å². The van der Waals surface area contributed by atoms with Crippen molar-refractivity contribution in [3.8, 4) is 45.5 Å². The van der Waals surface area contributed by atoms with Gasteiger partial charge in [-0.2, -0.15) is 69.9 Å². The summed E-state index contributed by atoms with van der Waals surface area (Å²) < 4.78 is 51.9. The molecule has 8 heterocycles. The maximum absolute atomic E-state index is 15.7. The van der Waals surface area contributed by atoms with E-state index in [-0.39, 0.29) is 195 Å². The molecule has 10 aromatic rings. The number of ketones is 4. The Morgan fingerprint density at radius 3 is 1.40 bits per heavy atom. The Morgan fingerprint density at radius 2 is 0.965 bits per heavy atom. The van der Waals surface area contributed by atoms with Crippen molar-refractivity contribution in [2.45, 2.75) is 135 Å². The van der Waals surface area contributed by atoms with Crippen molar-refractivity contribution < 1.29 is 127 Å². The summed E-state index contributed by atoms with van der Waals surface area (Å²) in [6, 6.07) is 44.1. The Balaban J connectivity index is 0.000000177. The molecule has 6 aromatic carbocycles. The summed E-state index contributed by atoms with van der Waals surface area (Å²) in [5.41, 5.74) is 19.2. The molecule has 31 nitrogen and oxygen atoms in total. The molecular weight excluding hydrogens is 1980 g/mol. The van der Waals surface area contributed by atoms with Gasteiger partial charge in [-0.1, -0.05) is 97.8 Å². The summed E-state index contributed by atoms with van der Waals surface area (Å²) in [5.74, 6) is -0.0222. The molecule has 4 unspecified atom stereocenters. The van der Waals surface area contributed by atoms with Gasteiger partial charge in [0.15, 0.2) is 11.3 Å². The molecule has 18 rings (SSSR count). The fourth-order valence-corrected chi connectivity index (χ4v) is 20.3. The first kappa shape index (κ1) is 109. The largest absolute Gasteiger partial charge is 0.457 e. The quantitative estimate of drug-likeness (QED) is 0.0153. The molecular formula is C109H120F2N20O11Y2-4. The molecule has 2 radical (unpaired) electrons. The number of Topliss-reactive ketones (excluding diaryl/α,β-unsaturated/α-hetero) is 4. The van der Waals surface area contributed by atoms with Gasteiger partial charge in [-0.15, -0.1) is 0 Å². The number of hydrogen-bond acceptors (Lipinski definition) is 23. The number of nitrogens with two attached hydrogens (primary N) is 2. The van der Waals surface area contributed by atoms with Gasteiger partial charge in [-0.05, 0) is 132 Å². The number of rotatable bonds is 28. The van der Waals surface area contributed by atoms with Crippen molar-refractivity contribution in [2.24, 2.45) is 29.1 Å². The summed E-state index contributed by atoms with van der Waals surface area (Å²) >= 11 is 0. The van der Waals surface area contributed by atoms with Crippen LogP contribution in [0.15, 0.2) is 194 Å². The molecule has 2 saturated carbocycles. The third kappa shape index (κ3) is 27.1. The first-order valence-electron chi connectivity index (χ1n) is 48.4. The smallest absolute Gasteiger partial charge is 0.252 e. The number of likely N-dealkylation sites (tertiary alicyclic amines) is 2. The van der Waals surface area contributed by atoms with Crippen molar-refractivity contribution in [1.29, 1.82) is 0 Å². The molecule has 6 N–H and O–H groups in total. The standard InChI is InChI=1S/C39H46FN10O4.C38H44FN10O3.2C16H15O2.2Y/c1-27(51)43-14-21-53-22-20-47-16-18-48(19-17-47)39(2,3)24-33(42-4)38(52)49-15-8-9-28(49)25-50-37-34(36(41)44-26-45-37)35(46-50)31-13-12-30(23-32(31)40)54-29-10-6-5-7-11-29;1-26(50)42-14-16-46-17-19-47(20-18-46)24-38(2,3)22-32(41-4)37(51)48-15-8-9-27(48)23-49-36-33(35(40)43-25-44-36)34(45-49)30-13-12-29(21-31(30)39)52-28-10-6-5-7-11-28;2*1-10-6-7-13(15(17)8-10)14-9-11-4-2-3-5-12(11)16(14)18;;/h5-7,10-13,23-24,26,28H,1,8-9,14-22,25H2,2-3H3,(H,43,51)(H2,41,44,45);5-7,10-13,21-22,25,27H,1,8-9,14-20,23-24H2,2-3H3,(H,42,50)(H2,40,43,44);2*2-3,5,13-14H,1,6-9H2;;/q4*-1;;/b33-24-;32-22-;;;;/t28-;27-;;;;/m00..../s1. The molecule has 0 bridgehead atoms. The molecule has 4 aromatic heterocycles. The molecule has 4 aliphatic heterocycles. The van der Waals surface area contributed by atoms with Crippen LogP contribution in [0, 0.1) is 79.8 Å². The Labute approximate surface area is 889 Å². The molecule has 4 amide bonds. The van der Waals surface area contributed by atoms with Gasteiger partial charge in [0.05, 0.1) is 74.1 Å². The molecule has 0 spiro atoms. The normalized spacial score (nSPS) is 19.5. The predicted octanol–water partition coefficient (Wildman–Crippen LogP) is 14.1. The number of nitrogens with zero attached hydrogens (tertiary/aromatic N) is 16.